The highest BCUT2D eigenvalue weighted by molar-refractivity contribution is 7.16. The predicted octanol–water partition coefficient (Wildman–Crippen LogP) is 2.22. The lowest BCUT2D eigenvalue weighted by Crippen LogP contribution is -2.00. The molecule has 0 aromatic carbocycles. The molecule has 0 aliphatic carbocycles. The number of anilines is 1. The maximum absolute atomic E-state index is 8.78. The topological polar surface area (TPSA) is 75.6 Å². The van der Waals surface area contributed by atoms with Crippen LogP contribution in [0.3, 0.4) is 0 Å². The summed E-state index contributed by atoms with van der Waals surface area (Å²) in [6.45, 7) is 2.01. The number of hydrogen-bond acceptors (Lipinski definition) is 5. The SMILES string of the molecule is CCc1c(N)ncnc1-c1ccc(C#N)s1. The molecule has 0 atom stereocenters. The first-order valence-corrected chi connectivity index (χ1v) is 5.67. The van der Waals surface area contributed by atoms with Gasteiger partial charge in [-0.3, -0.25) is 0 Å². The maximum Gasteiger partial charge on any atom is 0.130 e. The van der Waals surface area contributed by atoms with Crippen molar-refractivity contribution >= 4 is 17.2 Å². The van der Waals surface area contributed by atoms with E-state index in [-0.39, 0.29) is 0 Å². The molecule has 0 bridgehead atoms. The number of aromatic nitrogens is 2. The molecule has 0 amide bonds. The first-order chi connectivity index (χ1) is 7.76. The molecular formula is C11H10N4S. The van der Waals surface area contributed by atoms with Crippen molar-refractivity contribution in [1.29, 1.82) is 5.26 Å². The lowest BCUT2D eigenvalue weighted by Gasteiger charge is -2.06. The van der Waals surface area contributed by atoms with E-state index in [0.29, 0.717) is 10.7 Å². The van der Waals surface area contributed by atoms with Gasteiger partial charge in [0.25, 0.3) is 0 Å². The molecule has 2 aromatic heterocycles. The molecule has 0 fully saturated rings. The van der Waals surface area contributed by atoms with Gasteiger partial charge in [0.05, 0.1) is 10.6 Å². The van der Waals surface area contributed by atoms with Crippen LogP contribution in [-0.2, 0) is 6.42 Å². The molecule has 0 aliphatic heterocycles. The van der Waals surface area contributed by atoms with Crippen molar-refractivity contribution < 1.29 is 0 Å². The number of rotatable bonds is 2. The molecule has 0 saturated heterocycles. The van der Waals surface area contributed by atoms with Crippen molar-refractivity contribution in [3.8, 4) is 16.6 Å². The van der Waals surface area contributed by atoms with Gasteiger partial charge in [-0.25, -0.2) is 9.97 Å². The van der Waals surface area contributed by atoms with Gasteiger partial charge in [0.1, 0.15) is 23.1 Å². The number of thiophene rings is 1. The van der Waals surface area contributed by atoms with E-state index in [1.165, 1.54) is 17.7 Å². The highest BCUT2D eigenvalue weighted by Crippen LogP contribution is 2.30. The van der Waals surface area contributed by atoms with E-state index in [1.807, 2.05) is 13.0 Å². The van der Waals surface area contributed by atoms with E-state index in [4.69, 9.17) is 11.0 Å². The minimum atomic E-state index is 0.513. The number of nitrogens with two attached hydrogens (primary N) is 1. The third-order valence-electron chi connectivity index (χ3n) is 2.28. The quantitative estimate of drug-likeness (QED) is 0.858. The van der Waals surface area contributed by atoms with Crippen molar-refractivity contribution in [3.63, 3.8) is 0 Å². The van der Waals surface area contributed by atoms with Crippen LogP contribution in [0.4, 0.5) is 5.82 Å². The van der Waals surface area contributed by atoms with Crippen LogP contribution in [-0.4, -0.2) is 9.97 Å². The lowest BCUT2D eigenvalue weighted by molar-refractivity contribution is 1.06. The Balaban J connectivity index is 2.56. The van der Waals surface area contributed by atoms with Crippen LogP contribution in [0.5, 0.6) is 0 Å². The fourth-order valence-electron chi connectivity index (χ4n) is 1.51. The Morgan fingerprint density at radius 2 is 2.25 bits per heavy atom. The zero-order chi connectivity index (χ0) is 11.5. The third kappa shape index (κ3) is 1.75. The van der Waals surface area contributed by atoms with E-state index < -0.39 is 0 Å². The summed E-state index contributed by atoms with van der Waals surface area (Å²) >= 11 is 1.42. The minimum absolute atomic E-state index is 0.513. The average molecular weight is 230 g/mol. The zero-order valence-corrected chi connectivity index (χ0v) is 9.58. The highest BCUT2D eigenvalue weighted by Gasteiger charge is 2.11. The first kappa shape index (κ1) is 10.6. The van der Waals surface area contributed by atoms with Crippen LogP contribution >= 0.6 is 11.3 Å². The van der Waals surface area contributed by atoms with Gasteiger partial charge in [0.15, 0.2) is 0 Å². The molecule has 2 N–H and O–H groups in total. The summed E-state index contributed by atoms with van der Waals surface area (Å²) in [5.41, 5.74) is 7.57. The predicted molar refractivity (Wildman–Crippen MR) is 63.9 cm³/mol. The maximum atomic E-state index is 8.78. The van der Waals surface area contributed by atoms with E-state index in [2.05, 4.69) is 16.0 Å². The van der Waals surface area contributed by atoms with Gasteiger partial charge in [-0.05, 0) is 18.6 Å². The fourth-order valence-corrected chi connectivity index (χ4v) is 2.34. The molecule has 2 aromatic rings. The lowest BCUT2D eigenvalue weighted by atomic mass is 10.1. The standard InChI is InChI=1S/C11H10N4S/c1-2-8-10(14-6-15-11(8)13)9-4-3-7(5-12)16-9/h3-4,6H,2H2,1H3,(H2,13,14,15). The van der Waals surface area contributed by atoms with Crippen LogP contribution in [0.1, 0.15) is 17.4 Å². The second-order valence-corrected chi connectivity index (χ2v) is 4.30. The Labute approximate surface area is 97.4 Å². The largest absolute Gasteiger partial charge is 0.383 e. The van der Waals surface area contributed by atoms with Crippen LogP contribution in [0.25, 0.3) is 10.6 Å². The molecule has 80 valence electrons. The van der Waals surface area contributed by atoms with E-state index in [0.717, 1.165) is 22.6 Å². The number of hydrogen-bond donors (Lipinski definition) is 1. The van der Waals surface area contributed by atoms with Gasteiger partial charge < -0.3 is 5.73 Å². The van der Waals surface area contributed by atoms with E-state index in [9.17, 15) is 0 Å². The van der Waals surface area contributed by atoms with E-state index >= 15 is 0 Å². The molecule has 2 rings (SSSR count). The molecule has 0 aliphatic rings. The van der Waals surface area contributed by atoms with Gasteiger partial charge in [-0.2, -0.15) is 5.26 Å². The van der Waals surface area contributed by atoms with Crippen molar-refractivity contribution in [2.24, 2.45) is 0 Å². The molecule has 0 unspecified atom stereocenters. The molecule has 5 heteroatoms. The van der Waals surface area contributed by atoms with Crippen LogP contribution in [0.15, 0.2) is 18.5 Å². The highest BCUT2D eigenvalue weighted by atomic mass is 32.1. The molecule has 2 heterocycles. The minimum Gasteiger partial charge on any atom is -0.383 e. The van der Waals surface area contributed by atoms with E-state index in [1.54, 1.807) is 6.07 Å². The normalized spacial score (nSPS) is 10.0. The molecule has 0 spiro atoms. The van der Waals surface area contributed by atoms with Crippen LogP contribution < -0.4 is 5.73 Å². The van der Waals surface area contributed by atoms with Gasteiger partial charge in [-0.1, -0.05) is 6.92 Å². The Bertz CT molecular complexity index is 553. The summed E-state index contributed by atoms with van der Waals surface area (Å²) in [7, 11) is 0. The van der Waals surface area contributed by atoms with Gasteiger partial charge in [0.2, 0.25) is 0 Å². The molecular weight excluding hydrogens is 220 g/mol. The Morgan fingerprint density at radius 1 is 1.44 bits per heavy atom. The smallest absolute Gasteiger partial charge is 0.130 e. The second-order valence-electron chi connectivity index (χ2n) is 3.22. The molecule has 0 saturated carbocycles. The van der Waals surface area contributed by atoms with Gasteiger partial charge >= 0.3 is 0 Å². The number of nitrogen functional groups attached to an aromatic ring is 1. The van der Waals surface area contributed by atoms with Gasteiger partial charge in [-0.15, -0.1) is 11.3 Å². The van der Waals surface area contributed by atoms with Crippen molar-refractivity contribution in [1.82, 2.24) is 9.97 Å². The van der Waals surface area contributed by atoms with Crippen molar-refractivity contribution in [3.05, 3.63) is 28.9 Å². The molecule has 4 nitrogen and oxygen atoms in total. The van der Waals surface area contributed by atoms with Crippen molar-refractivity contribution in [2.45, 2.75) is 13.3 Å². The molecule has 0 radical (unpaired) electrons. The monoisotopic (exact) mass is 230 g/mol. The summed E-state index contributed by atoms with van der Waals surface area (Å²) in [5, 5.41) is 8.78. The Hall–Kier alpha value is -1.93. The van der Waals surface area contributed by atoms with Crippen LogP contribution in [0, 0.1) is 11.3 Å². The van der Waals surface area contributed by atoms with Crippen LogP contribution in [0.2, 0.25) is 0 Å². The second kappa shape index (κ2) is 4.29. The van der Waals surface area contributed by atoms with Crippen molar-refractivity contribution in [2.75, 3.05) is 5.73 Å². The summed E-state index contributed by atoms with van der Waals surface area (Å²) < 4.78 is 0. The average Bonchev–Trinajstić information content (AvgIpc) is 2.77. The zero-order valence-electron chi connectivity index (χ0n) is 8.77. The third-order valence-corrected chi connectivity index (χ3v) is 3.28. The summed E-state index contributed by atoms with van der Waals surface area (Å²) in [6.07, 6.45) is 2.23. The molecule has 16 heavy (non-hydrogen) atoms. The summed E-state index contributed by atoms with van der Waals surface area (Å²) in [6, 6.07) is 5.80. The first-order valence-electron chi connectivity index (χ1n) is 4.86. The summed E-state index contributed by atoms with van der Waals surface area (Å²) in [4.78, 5) is 9.84. The Morgan fingerprint density at radius 3 is 2.88 bits per heavy atom. The number of nitrogens with zero attached hydrogens (tertiary/aromatic N) is 3. The number of nitriles is 1. The van der Waals surface area contributed by atoms with Gasteiger partial charge in [0, 0.05) is 5.56 Å². The fraction of sp³-hybridized carbons (Fsp3) is 0.182. The summed E-state index contributed by atoms with van der Waals surface area (Å²) in [5.74, 6) is 0.513. The Kier molecular flexibility index (Phi) is 2.84.